The monoisotopic (exact) mass is 463 g/mol. The summed E-state index contributed by atoms with van der Waals surface area (Å²) < 4.78 is 0. The van der Waals surface area contributed by atoms with Crippen molar-refractivity contribution in [2.45, 2.75) is 32.2 Å². The zero-order valence-electron chi connectivity index (χ0n) is 20.1. The summed E-state index contributed by atoms with van der Waals surface area (Å²) in [7, 11) is 0. The quantitative estimate of drug-likeness (QED) is 0.243. The fourth-order valence-corrected chi connectivity index (χ4v) is 4.44. The Balaban J connectivity index is 1.37. The van der Waals surface area contributed by atoms with E-state index in [1.165, 1.54) is 16.7 Å². The zero-order chi connectivity index (χ0) is 24.3. The third-order valence-electron chi connectivity index (χ3n) is 6.39. The van der Waals surface area contributed by atoms with E-state index in [-0.39, 0.29) is 0 Å². The fourth-order valence-electron chi connectivity index (χ4n) is 4.44. The molecule has 4 aromatic carbocycles. The molecule has 4 aromatic rings. The smallest absolute Gasteiger partial charge is 0.335 e. The van der Waals surface area contributed by atoms with Crippen LogP contribution in [0.25, 0.3) is 11.1 Å². The van der Waals surface area contributed by atoms with Crippen molar-refractivity contribution in [3.63, 3.8) is 0 Å². The summed E-state index contributed by atoms with van der Waals surface area (Å²) in [5, 5.41) is 9.11. The van der Waals surface area contributed by atoms with Gasteiger partial charge in [0.05, 0.1) is 5.56 Å². The lowest BCUT2D eigenvalue weighted by Crippen LogP contribution is -2.26. The molecule has 0 aliphatic carbocycles. The van der Waals surface area contributed by atoms with Gasteiger partial charge < -0.3 is 5.11 Å². The molecule has 1 N–H and O–H groups in total. The summed E-state index contributed by atoms with van der Waals surface area (Å²) in [6.45, 7) is 3.08. The lowest BCUT2D eigenvalue weighted by atomic mass is 10.0. The lowest BCUT2D eigenvalue weighted by molar-refractivity contribution is 0.0697. The molecule has 35 heavy (non-hydrogen) atoms. The third-order valence-corrected chi connectivity index (χ3v) is 6.39. The number of aryl methyl sites for hydroxylation is 2. The molecule has 0 aromatic heterocycles. The molecule has 0 atom stereocenters. The van der Waals surface area contributed by atoms with Crippen molar-refractivity contribution in [1.82, 2.24) is 4.90 Å². The van der Waals surface area contributed by atoms with Gasteiger partial charge in [-0.05, 0) is 78.7 Å². The predicted octanol–water partition coefficient (Wildman–Crippen LogP) is 7.12. The van der Waals surface area contributed by atoms with Crippen LogP contribution in [0.2, 0.25) is 0 Å². The normalized spacial score (nSPS) is 11.0. The van der Waals surface area contributed by atoms with Gasteiger partial charge in [-0.3, -0.25) is 4.90 Å². The summed E-state index contributed by atoms with van der Waals surface area (Å²) in [5.74, 6) is -0.897. The molecule has 178 valence electrons. The number of benzene rings is 4. The van der Waals surface area contributed by atoms with Crippen LogP contribution in [0.3, 0.4) is 0 Å². The largest absolute Gasteiger partial charge is 0.478 e. The SMILES string of the molecule is O=C(O)c1ccc(-c2ccc(CN(CCCc3ccccc3)CCCc3ccccc3)cc2)cc1. The lowest BCUT2D eigenvalue weighted by Gasteiger charge is -2.23. The third kappa shape index (κ3) is 7.66. The molecule has 0 fully saturated rings. The number of carboxylic acid groups (broad SMARTS) is 1. The van der Waals surface area contributed by atoms with Gasteiger partial charge in [0.25, 0.3) is 0 Å². The molecule has 0 bridgehead atoms. The molecular weight excluding hydrogens is 430 g/mol. The minimum Gasteiger partial charge on any atom is -0.478 e. The van der Waals surface area contributed by atoms with Crippen LogP contribution < -0.4 is 0 Å². The number of hydrogen-bond acceptors (Lipinski definition) is 2. The molecule has 0 saturated carbocycles. The van der Waals surface area contributed by atoms with Crippen LogP contribution in [0.4, 0.5) is 0 Å². The second kappa shape index (κ2) is 12.7. The molecule has 0 saturated heterocycles. The highest BCUT2D eigenvalue weighted by Crippen LogP contribution is 2.21. The topological polar surface area (TPSA) is 40.5 Å². The minimum absolute atomic E-state index is 0.312. The number of aromatic carboxylic acids is 1. The second-order valence-corrected chi connectivity index (χ2v) is 9.03. The van der Waals surface area contributed by atoms with Gasteiger partial charge in [0, 0.05) is 6.54 Å². The highest BCUT2D eigenvalue weighted by molar-refractivity contribution is 5.88. The van der Waals surface area contributed by atoms with Crippen LogP contribution in [0, 0.1) is 0 Å². The zero-order valence-corrected chi connectivity index (χ0v) is 20.1. The number of carboxylic acids is 1. The van der Waals surface area contributed by atoms with Gasteiger partial charge in [-0.2, -0.15) is 0 Å². The fraction of sp³-hybridized carbons (Fsp3) is 0.219. The van der Waals surface area contributed by atoms with Gasteiger partial charge in [-0.1, -0.05) is 97.1 Å². The van der Waals surface area contributed by atoms with E-state index in [4.69, 9.17) is 5.11 Å². The average Bonchev–Trinajstić information content (AvgIpc) is 2.90. The molecule has 3 heteroatoms. The van der Waals surface area contributed by atoms with Crippen molar-refractivity contribution in [3.8, 4) is 11.1 Å². The van der Waals surface area contributed by atoms with Crippen LogP contribution in [-0.4, -0.2) is 29.1 Å². The molecule has 0 spiro atoms. The summed E-state index contributed by atoms with van der Waals surface area (Å²) >= 11 is 0. The van der Waals surface area contributed by atoms with Gasteiger partial charge in [0.1, 0.15) is 0 Å². The van der Waals surface area contributed by atoms with Crippen LogP contribution >= 0.6 is 0 Å². The molecule has 4 rings (SSSR count). The average molecular weight is 464 g/mol. The van der Waals surface area contributed by atoms with Crippen LogP contribution in [-0.2, 0) is 19.4 Å². The maximum atomic E-state index is 11.1. The van der Waals surface area contributed by atoms with Crippen LogP contribution in [0.15, 0.2) is 109 Å². The number of rotatable bonds is 12. The van der Waals surface area contributed by atoms with E-state index in [0.717, 1.165) is 56.4 Å². The Bertz CT molecular complexity index is 1120. The molecular formula is C32H33NO2. The van der Waals surface area contributed by atoms with Crippen LogP contribution in [0.1, 0.15) is 39.9 Å². The number of hydrogen-bond donors (Lipinski definition) is 1. The highest BCUT2D eigenvalue weighted by Gasteiger charge is 2.08. The molecule has 3 nitrogen and oxygen atoms in total. The van der Waals surface area contributed by atoms with E-state index in [2.05, 4.69) is 89.8 Å². The van der Waals surface area contributed by atoms with Crippen molar-refractivity contribution in [2.24, 2.45) is 0 Å². The molecule has 0 aliphatic rings. The first-order chi connectivity index (χ1) is 17.2. The van der Waals surface area contributed by atoms with Gasteiger partial charge >= 0.3 is 5.97 Å². The first-order valence-electron chi connectivity index (χ1n) is 12.4. The number of nitrogens with zero attached hydrogens (tertiary/aromatic N) is 1. The molecule has 0 amide bonds. The van der Waals surface area contributed by atoms with Crippen molar-refractivity contribution >= 4 is 5.97 Å². The maximum absolute atomic E-state index is 11.1. The minimum atomic E-state index is -0.897. The van der Waals surface area contributed by atoms with Crippen molar-refractivity contribution in [3.05, 3.63) is 131 Å². The first-order valence-corrected chi connectivity index (χ1v) is 12.4. The molecule has 0 unspecified atom stereocenters. The van der Waals surface area contributed by atoms with Crippen LogP contribution in [0.5, 0.6) is 0 Å². The Hall–Kier alpha value is -3.69. The van der Waals surface area contributed by atoms with Gasteiger partial charge in [-0.15, -0.1) is 0 Å². The van der Waals surface area contributed by atoms with E-state index in [1.807, 2.05) is 12.1 Å². The standard InChI is InChI=1S/C32H33NO2/c34-32(35)31-21-19-30(20-22-31)29-17-15-28(16-18-29)25-33(23-7-13-26-9-3-1-4-10-26)24-8-14-27-11-5-2-6-12-27/h1-6,9-12,15-22H,7-8,13-14,23-25H2,(H,34,35). The Morgan fingerprint density at radius 3 is 1.49 bits per heavy atom. The van der Waals surface area contributed by atoms with E-state index in [1.54, 1.807) is 12.1 Å². The van der Waals surface area contributed by atoms with Crippen molar-refractivity contribution in [1.29, 1.82) is 0 Å². The Morgan fingerprint density at radius 1 is 0.571 bits per heavy atom. The maximum Gasteiger partial charge on any atom is 0.335 e. The first kappa shape index (κ1) is 24.4. The summed E-state index contributed by atoms with van der Waals surface area (Å²) in [6, 6.07) is 37.2. The summed E-state index contributed by atoms with van der Waals surface area (Å²) in [4.78, 5) is 13.7. The Morgan fingerprint density at radius 2 is 1.03 bits per heavy atom. The molecule has 0 radical (unpaired) electrons. The summed E-state index contributed by atoms with van der Waals surface area (Å²) in [6.07, 6.45) is 4.48. The van der Waals surface area contributed by atoms with Gasteiger partial charge in [0.15, 0.2) is 0 Å². The van der Waals surface area contributed by atoms with E-state index in [9.17, 15) is 4.79 Å². The highest BCUT2D eigenvalue weighted by atomic mass is 16.4. The second-order valence-electron chi connectivity index (χ2n) is 9.03. The Labute approximate surface area is 208 Å². The number of carbonyl (C=O) groups is 1. The van der Waals surface area contributed by atoms with E-state index < -0.39 is 5.97 Å². The molecule has 0 heterocycles. The Kier molecular flexibility index (Phi) is 8.85. The summed E-state index contributed by atoms with van der Waals surface area (Å²) in [5.41, 5.74) is 6.54. The predicted molar refractivity (Wildman–Crippen MR) is 144 cm³/mol. The molecule has 0 aliphatic heterocycles. The van der Waals surface area contributed by atoms with E-state index >= 15 is 0 Å². The van der Waals surface area contributed by atoms with Crippen molar-refractivity contribution < 1.29 is 9.90 Å². The van der Waals surface area contributed by atoms with Crippen molar-refractivity contribution in [2.75, 3.05) is 13.1 Å². The van der Waals surface area contributed by atoms with Gasteiger partial charge in [0.2, 0.25) is 0 Å². The van der Waals surface area contributed by atoms with E-state index in [0.29, 0.717) is 5.56 Å². The van der Waals surface area contributed by atoms with Gasteiger partial charge in [-0.25, -0.2) is 4.79 Å².